The highest BCUT2D eigenvalue weighted by Gasteiger charge is 2.14. The van der Waals surface area contributed by atoms with Crippen LogP contribution in [0.25, 0.3) is 22.6 Å². The van der Waals surface area contributed by atoms with E-state index >= 15 is 0 Å². The molecule has 10 nitrogen and oxygen atoms in total. The lowest BCUT2D eigenvalue weighted by molar-refractivity contribution is -0.117. The number of benzene rings is 1. The van der Waals surface area contributed by atoms with Crippen molar-refractivity contribution < 1.29 is 13.6 Å². The Balaban J connectivity index is 1.58. The molecule has 0 saturated carbocycles. The van der Waals surface area contributed by atoms with E-state index in [0.29, 0.717) is 34.8 Å². The maximum absolute atomic E-state index is 12.4. The molecule has 0 bridgehead atoms. The van der Waals surface area contributed by atoms with Crippen LogP contribution in [0, 0.1) is 0 Å². The van der Waals surface area contributed by atoms with Gasteiger partial charge in [-0.2, -0.15) is 5.10 Å². The SMILES string of the molecule is CCn1c(=O)oc2cc(NC(=O)Cn3nc(-c4ccco4)cc(N)c3=O)ccc21. The molecule has 0 unspecified atom stereocenters. The number of hydrogen-bond acceptors (Lipinski definition) is 7. The van der Waals surface area contributed by atoms with E-state index in [1.807, 2.05) is 6.92 Å². The van der Waals surface area contributed by atoms with Crippen molar-refractivity contribution in [2.24, 2.45) is 0 Å². The molecule has 1 aromatic carbocycles. The number of anilines is 2. The summed E-state index contributed by atoms with van der Waals surface area (Å²) in [5.74, 6) is -0.536. The van der Waals surface area contributed by atoms with Crippen molar-refractivity contribution in [2.45, 2.75) is 20.0 Å². The molecule has 0 aliphatic carbocycles. The number of rotatable bonds is 5. The van der Waals surface area contributed by atoms with Gasteiger partial charge in [0.2, 0.25) is 5.91 Å². The number of aromatic nitrogens is 3. The van der Waals surface area contributed by atoms with E-state index in [4.69, 9.17) is 14.6 Å². The van der Waals surface area contributed by atoms with Gasteiger partial charge < -0.3 is 19.9 Å². The minimum atomic E-state index is -0.586. The Hall–Kier alpha value is -4.08. The molecule has 10 heteroatoms. The second kappa shape index (κ2) is 7.15. The summed E-state index contributed by atoms with van der Waals surface area (Å²) in [6.07, 6.45) is 1.47. The van der Waals surface area contributed by atoms with E-state index in [1.165, 1.54) is 16.9 Å². The zero-order valence-corrected chi connectivity index (χ0v) is 15.4. The van der Waals surface area contributed by atoms with Gasteiger partial charge in [-0.05, 0) is 37.3 Å². The van der Waals surface area contributed by atoms with Crippen LogP contribution in [-0.4, -0.2) is 20.3 Å². The molecule has 0 saturated heterocycles. The molecule has 0 spiro atoms. The number of hydrogen-bond donors (Lipinski definition) is 2. The zero-order chi connectivity index (χ0) is 20.5. The van der Waals surface area contributed by atoms with Crippen molar-refractivity contribution in [2.75, 3.05) is 11.1 Å². The van der Waals surface area contributed by atoms with Crippen LogP contribution in [0.4, 0.5) is 11.4 Å². The first kappa shape index (κ1) is 18.3. The number of nitrogens with one attached hydrogen (secondary N) is 1. The van der Waals surface area contributed by atoms with Gasteiger partial charge in [-0.15, -0.1) is 0 Å². The van der Waals surface area contributed by atoms with Gasteiger partial charge in [0.05, 0.1) is 11.8 Å². The predicted octanol–water partition coefficient (Wildman–Crippen LogP) is 1.65. The molecule has 4 aromatic rings. The molecular weight excluding hydrogens is 378 g/mol. The lowest BCUT2D eigenvalue weighted by Gasteiger charge is -2.09. The molecule has 0 aliphatic rings. The Kier molecular flexibility index (Phi) is 4.51. The van der Waals surface area contributed by atoms with Gasteiger partial charge in [0.25, 0.3) is 5.56 Å². The second-order valence-corrected chi connectivity index (χ2v) is 6.27. The fourth-order valence-corrected chi connectivity index (χ4v) is 2.99. The topological polar surface area (TPSA) is 138 Å². The first-order chi connectivity index (χ1) is 14.0. The quantitative estimate of drug-likeness (QED) is 0.524. The third kappa shape index (κ3) is 3.43. The summed E-state index contributed by atoms with van der Waals surface area (Å²) in [5.41, 5.74) is 6.86. The molecule has 0 fully saturated rings. The van der Waals surface area contributed by atoms with E-state index in [2.05, 4.69) is 10.4 Å². The second-order valence-electron chi connectivity index (χ2n) is 6.27. The largest absolute Gasteiger partial charge is 0.463 e. The summed E-state index contributed by atoms with van der Waals surface area (Å²) in [5, 5.41) is 6.80. The van der Waals surface area contributed by atoms with Gasteiger partial charge in [-0.25, -0.2) is 9.48 Å². The van der Waals surface area contributed by atoms with E-state index in [1.54, 1.807) is 30.3 Å². The van der Waals surface area contributed by atoms with Gasteiger partial charge in [-0.3, -0.25) is 14.2 Å². The predicted molar refractivity (Wildman–Crippen MR) is 105 cm³/mol. The molecule has 3 aromatic heterocycles. The molecule has 0 atom stereocenters. The molecule has 3 heterocycles. The molecule has 0 aliphatic heterocycles. The maximum atomic E-state index is 12.4. The Labute approximate surface area is 163 Å². The number of fused-ring (bicyclic) bond motifs is 1. The monoisotopic (exact) mass is 395 g/mol. The van der Waals surface area contributed by atoms with Gasteiger partial charge in [0.1, 0.15) is 17.9 Å². The van der Waals surface area contributed by atoms with Crippen LogP contribution in [0.3, 0.4) is 0 Å². The highest BCUT2D eigenvalue weighted by atomic mass is 16.4. The summed E-state index contributed by atoms with van der Waals surface area (Å²) in [4.78, 5) is 36.5. The van der Waals surface area contributed by atoms with Crippen molar-refractivity contribution in [1.82, 2.24) is 14.3 Å². The third-order valence-electron chi connectivity index (χ3n) is 4.34. The average molecular weight is 395 g/mol. The molecule has 29 heavy (non-hydrogen) atoms. The number of aryl methyl sites for hydroxylation is 1. The van der Waals surface area contributed by atoms with Crippen LogP contribution in [0.1, 0.15) is 6.92 Å². The fraction of sp³-hybridized carbons (Fsp3) is 0.158. The minimum Gasteiger partial charge on any atom is -0.463 e. The summed E-state index contributed by atoms with van der Waals surface area (Å²) in [6, 6.07) is 9.61. The number of oxazole rings is 1. The molecule has 4 rings (SSSR count). The molecule has 148 valence electrons. The molecule has 3 N–H and O–H groups in total. The normalized spacial score (nSPS) is 11.1. The first-order valence-corrected chi connectivity index (χ1v) is 8.81. The van der Waals surface area contributed by atoms with E-state index < -0.39 is 17.2 Å². The summed E-state index contributed by atoms with van der Waals surface area (Å²) in [6.45, 7) is 1.95. The summed E-state index contributed by atoms with van der Waals surface area (Å²) >= 11 is 0. The number of nitrogens with two attached hydrogens (primary N) is 1. The van der Waals surface area contributed by atoms with E-state index in [0.717, 1.165) is 4.68 Å². The smallest absolute Gasteiger partial charge is 0.419 e. The minimum absolute atomic E-state index is 0.0525. The summed E-state index contributed by atoms with van der Waals surface area (Å²) in [7, 11) is 0. The van der Waals surface area contributed by atoms with Gasteiger partial charge in [0, 0.05) is 18.3 Å². The maximum Gasteiger partial charge on any atom is 0.419 e. The van der Waals surface area contributed by atoms with Crippen LogP contribution in [-0.2, 0) is 17.9 Å². The Morgan fingerprint density at radius 2 is 2.07 bits per heavy atom. The number of furan rings is 1. The molecular formula is C19H17N5O5. The van der Waals surface area contributed by atoms with Crippen molar-refractivity contribution in [1.29, 1.82) is 0 Å². The van der Waals surface area contributed by atoms with Gasteiger partial charge >= 0.3 is 5.76 Å². The number of carbonyl (C=O) groups is 1. The van der Waals surface area contributed by atoms with E-state index in [-0.39, 0.29) is 12.2 Å². The van der Waals surface area contributed by atoms with Crippen LogP contribution in [0.15, 0.2) is 61.1 Å². The Morgan fingerprint density at radius 1 is 1.24 bits per heavy atom. The average Bonchev–Trinajstić information content (AvgIpc) is 3.32. The van der Waals surface area contributed by atoms with Crippen molar-refractivity contribution in [3.05, 3.63) is 63.6 Å². The number of nitrogens with zero attached hydrogens (tertiary/aromatic N) is 3. The van der Waals surface area contributed by atoms with Crippen LogP contribution < -0.4 is 22.4 Å². The van der Waals surface area contributed by atoms with Gasteiger partial charge in [0.15, 0.2) is 11.3 Å². The third-order valence-corrected chi connectivity index (χ3v) is 4.34. The van der Waals surface area contributed by atoms with Crippen LogP contribution >= 0.6 is 0 Å². The molecule has 1 amide bonds. The van der Waals surface area contributed by atoms with Crippen LogP contribution in [0.5, 0.6) is 0 Å². The Morgan fingerprint density at radius 3 is 2.79 bits per heavy atom. The highest BCUT2D eigenvalue weighted by molar-refractivity contribution is 5.92. The highest BCUT2D eigenvalue weighted by Crippen LogP contribution is 2.19. The number of amides is 1. The van der Waals surface area contributed by atoms with Crippen molar-refractivity contribution in [3.63, 3.8) is 0 Å². The van der Waals surface area contributed by atoms with Crippen LogP contribution in [0.2, 0.25) is 0 Å². The Bertz CT molecular complexity index is 1310. The van der Waals surface area contributed by atoms with E-state index in [9.17, 15) is 14.4 Å². The lowest BCUT2D eigenvalue weighted by atomic mass is 10.2. The lowest BCUT2D eigenvalue weighted by Crippen LogP contribution is -2.31. The van der Waals surface area contributed by atoms with Crippen molar-refractivity contribution in [3.8, 4) is 11.5 Å². The molecule has 0 radical (unpaired) electrons. The van der Waals surface area contributed by atoms with Crippen molar-refractivity contribution >= 4 is 28.4 Å². The summed E-state index contributed by atoms with van der Waals surface area (Å²) < 4.78 is 12.9. The first-order valence-electron chi connectivity index (χ1n) is 8.81. The number of carbonyl (C=O) groups excluding carboxylic acids is 1. The number of nitrogen functional groups attached to an aromatic ring is 1. The van der Waals surface area contributed by atoms with Gasteiger partial charge in [-0.1, -0.05) is 0 Å². The standard InChI is InChI=1S/C19H17N5O5/c1-2-23-14-6-5-11(8-16(14)29-19(23)27)21-17(25)10-24-18(26)12(20)9-13(22-24)15-4-3-7-28-15/h3-9H,2,10,20H2,1H3,(H,21,25). The zero-order valence-electron chi connectivity index (χ0n) is 15.4. The fourth-order valence-electron chi connectivity index (χ4n) is 2.99.